The number of hydrogen-bond acceptors (Lipinski definition) is 6. The zero-order chi connectivity index (χ0) is 14.5. The van der Waals surface area contributed by atoms with Gasteiger partial charge in [-0.25, -0.2) is 4.79 Å². The third kappa shape index (κ3) is 3.39. The van der Waals surface area contributed by atoms with Crippen LogP contribution in [0.15, 0.2) is 16.5 Å². The molecule has 0 radical (unpaired) electrons. The summed E-state index contributed by atoms with van der Waals surface area (Å²) in [6.45, 7) is 2.13. The molecule has 1 aliphatic heterocycles. The molecule has 20 heavy (non-hydrogen) atoms. The number of esters is 2. The zero-order valence-electron chi connectivity index (χ0n) is 11.8. The molecule has 0 N–H and O–H groups in total. The fourth-order valence-electron chi connectivity index (χ4n) is 2.45. The molecule has 6 nitrogen and oxygen atoms in total. The maximum atomic E-state index is 11.6. The van der Waals surface area contributed by atoms with Gasteiger partial charge in [-0.1, -0.05) is 0 Å². The van der Waals surface area contributed by atoms with Crippen LogP contribution < -0.4 is 0 Å². The summed E-state index contributed by atoms with van der Waals surface area (Å²) >= 11 is 0. The highest BCUT2D eigenvalue weighted by atomic mass is 16.5. The molecule has 1 fully saturated rings. The van der Waals surface area contributed by atoms with Crippen molar-refractivity contribution in [1.82, 2.24) is 4.90 Å². The van der Waals surface area contributed by atoms with E-state index in [1.54, 1.807) is 12.1 Å². The van der Waals surface area contributed by atoms with Crippen molar-refractivity contribution in [2.24, 2.45) is 5.92 Å². The van der Waals surface area contributed by atoms with Crippen LogP contribution in [0.2, 0.25) is 0 Å². The molecule has 110 valence electrons. The fraction of sp³-hybridized carbons (Fsp3) is 0.571. The van der Waals surface area contributed by atoms with Crippen molar-refractivity contribution in [3.05, 3.63) is 23.7 Å². The largest absolute Gasteiger partial charge is 0.469 e. The van der Waals surface area contributed by atoms with E-state index in [2.05, 4.69) is 9.64 Å². The minimum absolute atomic E-state index is 0.0798. The van der Waals surface area contributed by atoms with Crippen molar-refractivity contribution < 1.29 is 23.5 Å². The molecule has 2 heterocycles. The Hall–Kier alpha value is -1.82. The van der Waals surface area contributed by atoms with E-state index >= 15 is 0 Å². The first-order chi connectivity index (χ1) is 9.63. The van der Waals surface area contributed by atoms with E-state index < -0.39 is 5.97 Å². The number of nitrogens with zero attached hydrogens (tertiary/aromatic N) is 1. The average Bonchev–Trinajstić information content (AvgIpc) is 2.94. The summed E-state index contributed by atoms with van der Waals surface area (Å²) in [6.07, 6.45) is 1.80. The Morgan fingerprint density at radius 3 is 2.85 bits per heavy atom. The number of carbonyl (C=O) groups is 2. The topological polar surface area (TPSA) is 69.0 Å². The first-order valence-electron chi connectivity index (χ1n) is 6.61. The Bertz CT molecular complexity index is 482. The number of furan rings is 1. The van der Waals surface area contributed by atoms with Crippen LogP contribution in [-0.2, 0) is 20.8 Å². The third-order valence-corrected chi connectivity index (χ3v) is 3.47. The minimum atomic E-state index is -0.484. The maximum Gasteiger partial charge on any atom is 0.373 e. The van der Waals surface area contributed by atoms with E-state index in [-0.39, 0.29) is 17.6 Å². The van der Waals surface area contributed by atoms with Gasteiger partial charge in [0.25, 0.3) is 0 Å². The van der Waals surface area contributed by atoms with Gasteiger partial charge in [-0.3, -0.25) is 9.69 Å². The number of hydrogen-bond donors (Lipinski definition) is 0. The Kier molecular flexibility index (Phi) is 4.79. The summed E-state index contributed by atoms with van der Waals surface area (Å²) in [5, 5.41) is 0. The molecular weight excluding hydrogens is 262 g/mol. The minimum Gasteiger partial charge on any atom is -0.469 e. The van der Waals surface area contributed by atoms with Crippen molar-refractivity contribution in [3.8, 4) is 0 Å². The molecule has 0 spiro atoms. The number of piperidine rings is 1. The zero-order valence-corrected chi connectivity index (χ0v) is 11.8. The van der Waals surface area contributed by atoms with Crippen LogP contribution in [0.5, 0.6) is 0 Å². The molecule has 1 aliphatic rings. The van der Waals surface area contributed by atoms with E-state index in [0.29, 0.717) is 18.8 Å². The highest BCUT2D eigenvalue weighted by Gasteiger charge is 2.27. The van der Waals surface area contributed by atoms with Crippen LogP contribution in [0, 0.1) is 5.92 Å². The Balaban J connectivity index is 1.94. The molecule has 0 saturated carbocycles. The lowest BCUT2D eigenvalue weighted by atomic mass is 9.98. The van der Waals surface area contributed by atoms with Gasteiger partial charge in [0.2, 0.25) is 5.76 Å². The molecule has 1 atom stereocenters. The van der Waals surface area contributed by atoms with Crippen molar-refractivity contribution in [2.75, 3.05) is 27.3 Å². The molecule has 0 amide bonds. The number of rotatable bonds is 4. The van der Waals surface area contributed by atoms with E-state index in [1.165, 1.54) is 14.2 Å². The molecule has 1 aromatic rings. The Labute approximate surface area is 117 Å². The second-order valence-electron chi connectivity index (χ2n) is 4.85. The molecule has 1 unspecified atom stereocenters. The summed E-state index contributed by atoms with van der Waals surface area (Å²) in [6, 6.07) is 3.36. The first-order valence-corrected chi connectivity index (χ1v) is 6.61. The predicted octanol–water partition coefficient (Wildman–Crippen LogP) is 1.45. The molecule has 0 aliphatic carbocycles. The van der Waals surface area contributed by atoms with Crippen molar-refractivity contribution in [2.45, 2.75) is 19.4 Å². The van der Waals surface area contributed by atoms with E-state index in [9.17, 15) is 9.59 Å². The van der Waals surface area contributed by atoms with Gasteiger partial charge in [-0.2, -0.15) is 0 Å². The van der Waals surface area contributed by atoms with Crippen molar-refractivity contribution in [3.63, 3.8) is 0 Å². The summed E-state index contributed by atoms with van der Waals surface area (Å²) in [5.74, 6) is 0.162. The van der Waals surface area contributed by atoms with E-state index in [1.807, 2.05) is 0 Å². The molecule has 6 heteroatoms. The van der Waals surface area contributed by atoms with Gasteiger partial charge in [-0.15, -0.1) is 0 Å². The lowest BCUT2D eigenvalue weighted by Crippen LogP contribution is -2.38. The number of carbonyl (C=O) groups excluding carboxylic acids is 2. The molecule has 1 saturated heterocycles. The quantitative estimate of drug-likeness (QED) is 0.778. The first kappa shape index (κ1) is 14.6. The van der Waals surface area contributed by atoms with Gasteiger partial charge in [-0.05, 0) is 31.5 Å². The standard InChI is InChI=1S/C14H19NO5/c1-18-13(16)10-4-3-7-15(8-10)9-11-5-6-12(20-11)14(17)19-2/h5-6,10H,3-4,7-9H2,1-2H3. The lowest BCUT2D eigenvalue weighted by Gasteiger charge is -2.30. The van der Waals surface area contributed by atoms with Crippen LogP contribution in [0.25, 0.3) is 0 Å². The summed E-state index contributed by atoms with van der Waals surface area (Å²) in [4.78, 5) is 25.0. The second-order valence-corrected chi connectivity index (χ2v) is 4.85. The fourth-order valence-corrected chi connectivity index (χ4v) is 2.45. The average molecular weight is 281 g/mol. The van der Waals surface area contributed by atoms with Gasteiger partial charge < -0.3 is 13.9 Å². The normalized spacial score (nSPS) is 19.6. The lowest BCUT2D eigenvalue weighted by molar-refractivity contribution is -0.147. The van der Waals surface area contributed by atoms with E-state index in [4.69, 9.17) is 9.15 Å². The van der Waals surface area contributed by atoms with Crippen molar-refractivity contribution >= 4 is 11.9 Å². The molecule has 1 aromatic heterocycles. The van der Waals surface area contributed by atoms with Crippen molar-refractivity contribution in [1.29, 1.82) is 0 Å². The van der Waals surface area contributed by atoms with Crippen LogP contribution in [-0.4, -0.2) is 44.1 Å². The molecule has 0 aromatic carbocycles. The van der Waals surface area contributed by atoms with Gasteiger partial charge in [0.1, 0.15) is 5.76 Å². The monoisotopic (exact) mass is 281 g/mol. The molecular formula is C14H19NO5. The van der Waals surface area contributed by atoms with Crippen LogP contribution in [0.3, 0.4) is 0 Å². The summed E-state index contributed by atoms with van der Waals surface area (Å²) in [7, 11) is 2.73. The van der Waals surface area contributed by atoms with Crippen LogP contribution >= 0.6 is 0 Å². The molecule has 2 rings (SSSR count). The van der Waals surface area contributed by atoms with Crippen LogP contribution in [0.4, 0.5) is 0 Å². The van der Waals surface area contributed by atoms with Crippen LogP contribution in [0.1, 0.15) is 29.2 Å². The number of ether oxygens (including phenoxy) is 2. The second kappa shape index (κ2) is 6.56. The summed E-state index contributed by atoms with van der Waals surface area (Å²) < 4.78 is 14.8. The summed E-state index contributed by atoms with van der Waals surface area (Å²) in [5.41, 5.74) is 0. The molecule has 0 bridgehead atoms. The van der Waals surface area contributed by atoms with Gasteiger partial charge in [0, 0.05) is 6.54 Å². The highest BCUT2D eigenvalue weighted by molar-refractivity contribution is 5.86. The highest BCUT2D eigenvalue weighted by Crippen LogP contribution is 2.20. The third-order valence-electron chi connectivity index (χ3n) is 3.47. The maximum absolute atomic E-state index is 11.6. The Morgan fingerprint density at radius 2 is 2.15 bits per heavy atom. The number of methoxy groups -OCH3 is 2. The number of likely N-dealkylation sites (tertiary alicyclic amines) is 1. The predicted molar refractivity (Wildman–Crippen MR) is 70.1 cm³/mol. The van der Waals surface area contributed by atoms with E-state index in [0.717, 1.165) is 19.4 Å². The van der Waals surface area contributed by atoms with Gasteiger partial charge in [0.05, 0.1) is 26.7 Å². The Morgan fingerprint density at radius 1 is 1.35 bits per heavy atom. The smallest absolute Gasteiger partial charge is 0.373 e. The SMILES string of the molecule is COC(=O)c1ccc(CN2CCCC(C(=O)OC)C2)o1. The van der Waals surface area contributed by atoms with Gasteiger partial charge >= 0.3 is 11.9 Å². The van der Waals surface area contributed by atoms with Gasteiger partial charge in [0.15, 0.2) is 0 Å².